The van der Waals surface area contributed by atoms with E-state index in [1.54, 1.807) is 37.4 Å². The number of phenolic OH excluding ortho intramolecular Hbond substituents is 1. The number of aromatic nitrogens is 3. The summed E-state index contributed by atoms with van der Waals surface area (Å²) < 4.78 is 25.0. The van der Waals surface area contributed by atoms with Gasteiger partial charge in [-0.05, 0) is 42.0 Å². The van der Waals surface area contributed by atoms with Gasteiger partial charge in [0, 0.05) is 19.7 Å². The molecule has 0 amide bonds. The lowest BCUT2D eigenvalue weighted by atomic mass is 9.99. The number of rotatable bonds is 3. The topological polar surface area (TPSA) is 90.4 Å². The van der Waals surface area contributed by atoms with Crippen molar-refractivity contribution in [3.05, 3.63) is 105 Å². The van der Waals surface area contributed by atoms with Gasteiger partial charge in [0.05, 0.1) is 46.8 Å². The van der Waals surface area contributed by atoms with Gasteiger partial charge in [0.15, 0.2) is 11.5 Å². The molecule has 3 aromatic carbocycles. The van der Waals surface area contributed by atoms with Crippen molar-refractivity contribution < 1.29 is 14.2 Å². The maximum atomic E-state index is 15.4. The molecular formula is C28H23FN4O4. The number of aromatic hydroxyl groups is 1. The highest BCUT2D eigenvalue weighted by atomic mass is 19.1. The molecular weight excluding hydrogens is 475 g/mol. The molecule has 37 heavy (non-hydrogen) atoms. The molecule has 2 aromatic heterocycles. The average molecular weight is 499 g/mol. The number of ether oxygens (including phenoxy) is 1. The second-order valence-corrected chi connectivity index (χ2v) is 9.00. The Balaban J connectivity index is 1.85. The zero-order chi connectivity index (χ0) is 26.0. The minimum Gasteiger partial charge on any atom is -0.504 e. The SMILES string of the molecule is COc1cc([C@@H]2Nc3ccccc3-n3c(-c4ccccc4F)c4c(=O)n(C)c(=O)n(C)c4c32)ccc1O. The summed E-state index contributed by atoms with van der Waals surface area (Å²) in [4.78, 5) is 26.8. The first-order chi connectivity index (χ1) is 17.8. The largest absolute Gasteiger partial charge is 0.504 e. The summed E-state index contributed by atoms with van der Waals surface area (Å²) in [6.45, 7) is 0. The fourth-order valence-electron chi connectivity index (χ4n) is 5.25. The second kappa shape index (κ2) is 8.12. The summed E-state index contributed by atoms with van der Waals surface area (Å²) in [5.74, 6) is -0.227. The molecule has 0 saturated carbocycles. The van der Waals surface area contributed by atoms with Gasteiger partial charge >= 0.3 is 5.69 Å². The molecule has 0 fully saturated rings. The highest BCUT2D eigenvalue weighted by Crippen LogP contribution is 2.46. The van der Waals surface area contributed by atoms with Crippen LogP contribution in [0.5, 0.6) is 11.5 Å². The Morgan fingerprint density at radius 2 is 1.70 bits per heavy atom. The van der Waals surface area contributed by atoms with Crippen molar-refractivity contribution in [3.63, 3.8) is 0 Å². The lowest BCUT2D eigenvalue weighted by Gasteiger charge is -2.31. The Labute approximate surface area is 210 Å². The van der Waals surface area contributed by atoms with Crippen LogP contribution in [-0.4, -0.2) is 25.9 Å². The molecule has 0 saturated heterocycles. The van der Waals surface area contributed by atoms with Crippen molar-refractivity contribution >= 4 is 16.6 Å². The molecule has 2 N–H and O–H groups in total. The van der Waals surface area contributed by atoms with Crippen LogP contribution in [0.1, 0.15) is 17.3 Å². The van der Waals surface area contributed by atoms with Gasteiger partial charge in [-0.1, -0.05) is 30.3 Å². The van der Waals surface area contributed by atoms with Crippen molar-refractivity contribution in [2.75, 3.05) is 12.4 Å². The van der Waals surface area contributed by atoms with Gasteiger partial charge in [0.2, 0.25) is 0 Å². The molecule has 8 nitrogen and oxygen atoms in total. The Kier molecular flexibility index (Phi) is 4.98. The number of phenols is 1. The van der Waals surface area contributed by atoms with Crippen molar-refractivity contribution in [2.24, 2.45) is 14.1 Å². The van der Waals surface area contributed by atoms with Gasteiger partial charge in [-0.2, -0.15) is 0 Å². The zero-order valence-corrected chi connectivity index (χ0v) is 20.3. The van der Waals surface area contributed by atoms with Crippen molar-refractivity contribution in [3.8, 4) is 28.4 Å². The number of fused-ring (bicyclic) bond motifs is 5. The van der Waals surface area contributed by atoms with Gasteiger partial charge in [-0.3, -0.25) is 13.9 Å². The smallest absolute Gasteiger partial charge is 0.331 e. The zero-order valence-electron chi connectivity index (χ0n) is 20.3. The fourth-order valence-corrected chi connectivity index (χ4v) is 5.25. The first kappa shape index (κ1) is 22.7. The highest BCUT2D eigenvalue weighted by Gasteiger charge is 2.35. The fraction of sp³-hybridized carbons (Fsp3) is 0.143. The third-order valence-corrected chi connectivity index (χ3v) is 6.99. The van der Waals surface area contributed by atoms with Crippen LogP contribution in [-0.2, 0) is 14.1 Å². The summed E-state index contributed by atoms with van der Waals surface area (Å²) in [6, 6.07) is 18.2. The van der Waals surface area contributed by atoms with Crippen molar-refractivity contribution in [1.82, 2.24) is 13.7 Å². The van der Waals surface area contributed by atoms with E-state index in [0.29, 0.717) is 22.6 Å². The van der Waals surface area contributed by atoms with Gasteiger partial charge in [-0.25, -0.2) is 9.18 Å². The molecule has 5 aromatic rings. The first-order valence-electron chi connectivity index (χ1n) is 11.7. The summed E-state index contributed by atoms with van der Waals surface area (Å²) in [5.41, 5.74) is 2.78. The predicted molar refractivity (Wildman–Crippen MR) is 139 cm³/mol. The molecule has 0 aliphatic carbocycles. The minimum atomic E-state index is -0.565. The van der Waals surface area contributed by atoms with E-state index in [0.717, 1.165) is 15.8 Å². The van der Waals surface area contributed by atoms with Crippen LogP contribution < -0.4 is 21.3 Å². The monoisotopic (exact) mass is 498 g/mol. The van der Waals surface area contributed by atoms with Crippen molar-refractivity contribution in [2.45, 2.75) is 6.04 Å². The average Bonchev–Trinajstić information content (AvgIpc) is 3.27. The van der Waals surface area contributed by atoms with Crippen LogP contribution in [0.4, 0.5) is 10.1 Å². The van der Waals surface area contributed by atoms with E-state index < -0.39 is 23.1 Å². The summed E-state index contributed by atoms with van der Waals surface area (Å²) in [7, 11) is 4.48. The van der Waals surface area contributed by atoms with E-state index in [-0.39, 0.29) is 22.4 Å². The molecule has 0 unspecified atom stereocenters. The predicted octanol–water partition coefficient (Wildman–Crippen LogP) is 4.06. The molecule has 1 aliphatic rings. The number of methoxy groups -OCH3 is 1. The number of hydrogen-bond donors (Lipinski definition) is 2. The number of nitrogens with zero attached hydrogens (tertiary/aromatic N) is 3. The highest BCUT2D eigenvalue weighted by molar-refractivity contribution is 5.99. The summed E-state index contributed by atoms with van der Waals surface area (Å²) >= 11 is 0. The number of aryl methyl sites for hydroxylation is 1. The molecule has 186 valence electrons. The van der Waals surface area contributed by atoms with E-state index in [1.807, 2.05) is 28.8 Å². The van der Waals surface area contributed by atoms with Crippen LogP contribution in [0.2, 0.25) is 0 Å². The number of benzene rings is 3. The first-order valence-corrected chi connectivity index (χ1v) is 11.7. The van der Waals surface area contributed by atoms with E-state index in [9.17, 15) is 14.7 Å². The molecule has 1 aliphatic heterocycles. The third kappa shape index (κ3) is 3.13. The molecule has 0 radical (unpaired) electrons. The van der Waals surface area contributed by atoms with E-state index >= 15 is 4.39 Å². The molecule has 9 heteroatoms. The Morgan fingerprint density at radius 1 is 0.973 bits per heavy atom. The quantitative estimate of drug-likeness (QED) is 0.392. The maximum absolute atomic E-state index is 15.4. The summed E-state index contributed by atoms with van der Waals surface area (Å²) in [6.07, 6.45) is 0. The number of para-hydroxylation sites is 2. The normalized spacial score (nSPS) is 14.2. The lowest BCUT2D eigenvalue weighted by Crippen LogP contribution is -2.37. The lowest BCUT2D eigenvalue weighted by molar-refractivity contribution is 0.373. The molecule has 0 spiro atoms. The van der Waals surface area contributed by atoms with E-state index in [4.69, 9.17) is 4.74 Å². The molecule has 1 atom stereocenters. The maximum Gasteiger partial charge on any atom is 0.331 e. The number of halogens is 1. The minimum absolute atomic E-state index is 0.0176. The van der Waals surface area contributed by atoms with Crippen molar-refractivity contribution in [1.29, 1.82) is 0 Å². The van der Waals surface area contributed by atoms with Crippen LogP contribution in [0, 0.1) is 5.82 Å². The standard InChI is InChI=1S/C28H23FN4O4/c1-31-25-22(27(35)32(2)28(31)36)24(16-8-4-5-9-17(16)29)33-19-11-7-6-10-18(19)30-23(26(25)33)15-12-13-20(34)21(14-15)37-3/h4-14,23,30,34H,1-3H3/t23-/m0/s1. The second-order valence-electron chi connectivity index (χ2n) is 9.00. The Morgan fingerprint density at radius 3 is 2.46 bits per heavy atom. The van der Waals surface area contributed by atoms with Gasteiger partial charge in [0.1, 0.15) is 5.82 Å². The van der Waals surface area contributed by atoms with E-state index in [2.05, 4.69) is 5.32 Å². The van der Waals surface area contributed by atoms with Gasteiger partial charge in [0.25, 0.3) is 5.56 Å². The van der Waals surface area contributed by atoms with Crippen LogP contribution in [0.3, 0.4) is 0 Å². The number of anilines is 1. The Hall–Kier alpha value is -4.79. The van der Waals surface area contributed by atoms with Crippen LogP contribution in [0.15, 0.2) is 76.3 Å². The van der Waals surface area contributed by atoms with Crippen LogP contribution in [0.25, 0.3) is 27.8 Å². The third-order valence-electron chi connectivity index (χ3n) is 6.99. The molecule has 6 rings (SSSR count). The number of nitrogens with one attached hydrogen (secondary N) is 1. The number of hydrogen-bond acceptors (Lipinski definition) is 5. The van der Waals surface area contributed by atoms with Crippen LogP contribution >= 0.6 is 0 Å². The van der Waals surface area contributed by atoms with Gasteiger partial charge < -0.3 is 19.7 Å². The van der Waals surface area contributed by atoms with Gasteiger partial charge in [-0.15, -0.1) is 0 Å². The molecule has 3 heterocycles. The van der Waals surface area contributed by atoms with E-state index in [1.165, 1.54) is 30.9 Å². The molecule has 0 bridgehead atoms. The Bertz CT molecular complexity index is 1850. The summed E-state index contributed by atoms with van der Waals surface area (Å²) in [5, 5.41) is 14.0.